The van der Waals surface area contributed by atoms with E-state index < -0.39 is 10.0 Å². The van der Waals surface area contributed by atoms with Crippen LogP contribution in [0.15, 0.2) is 46.0 Å². The number of hydrogen-bond acceptors (Lipinski definition) is 4. The lowest BCUT2D eigenvalue weighted by Gasteiger charge is -2.28. The summed E-state index contributed by atoms with van der Waals surface area (Å²) in [4.78, 5) is 11.5. The average molecular weight is 364 g/mol. The number of benzene rings is 1. The highest BCUT2D eigenvalue weighted by Crippen LogP contribution is 2.41. The molecule has 4 nitrogen and oxygen atoms in total. The SMILES string of the molecule is CC(=O)c1ccc(S(=O)(=O)NCC2(c3ccsc3)CCCC2)cc1. The second-order valence-corrected chi connectivity index (χ2v) is 8.95. The van der Waals surface area contributed by atoms with Crippen molar-refractivity contribution < 1.29 is 13.2 Å². The van der Waals surface area contributed by atoms with E-state index in [4.69, 9.17) is 0 Å². The van der Waals surface area contributed by atoms with Gasteiger partial charge in [-0.3, -0.25) is 4.79 Å². The molecule has 0 atom stereocenters. The van der Waals surface area contributed by atoms with Crippen molar-refractivity contribution in [3.05, 3.63) is 52.2 Å². The zero-order chi connectivity index (χ0) is 17.2. The normalized spacial score (nSPS) is 17.0. The van der Waals surface area contributed by atoms with Gasteiger partial charge in [0.1, 0.15) is 0 Å². The summed E-state index contributed by atoms with van der Waals surface area (Å²) in [6, 6.07) is 8.20. The third kappa shape index (κ3) is 3.45. The summed E-state index contributed by atoms with van der Waals surface area (Å²) < 4.78 is 28.0. The molecule has 0 amide bonds. The topological polar surface area (TPSA) is 63.2 Å². The molecule has 0 unspecified atom stereocenters. The molecule has 3 rings (SSSR count). The minimum atomic E-state index is -3.58. The number of hydrogen-bond donors (Lipinski definition) is 1. The van der Waals surface area contributed by atoms with Crippen molar-refractivity contribution in [1.82, 2.24) is 4.72 Å². The molecule has 1 aliphatic carbocycles. The molecular formula is C18H21NO3S2. The predicted molar refractivity (Wildman–Crippen MR) is 96.1 cm³/mol. The quantitative estimate of drug-likeness (QED) is 0.795. The second-order valence-electron chi connectivity index (χ2n) is 6.40. The van der Waals surface area contributed by atoms with Crippen LogP contribution in [0.25, 0.3) is 0 Å². The van der Waals surface area contributed by atoms with Gasteiger partial charge in [0, 0.05) is 17.5 Å². The first-order chi connectivity index (χ1) is 11.4. The second kappa shape index (κ2) is 6.78. The van der Waals surface area contributed by atoms with Crippen LogP contribution in [0.5, 0.6) is 0 Å². The van der Waals surface area contributed by atoms with Gasteiger partial charge in [-0.25, -0.2) is 13.1 Å². The highest BCUT2D eigenvalue weighted by molar-refractivity contribution is 7.89. The third-order valence-electron chi connectivity index (χ3n) is 4.87. The Bertz CT molecular complexity index is 802. The molecule has 0 bridgehead atoms. The van der Waals surface area contributed by atoms with Crippen molar-refractivity contribution in [3.63, 3.8) is 0 Å². The maximum Gasteiger partial charge on any atom is 0.240 e. The van der Waals surface area contributed by atoms with E-state index in [9.17, 15) is 13.2 Å². The first kappa shape index (κ1) is 17.3. The lowest BCUT2D eigenvalue weighted by molar-refractivity contribution is 0.101. The molecule has 2 aromatic rings. The molecule has 1 saturated carbocycles. The Morgan fingerprint density at radius 2 is 1.83 bits per heavy atom. The number of sulfonamides is 1. The fraction of sp³-hybridized carbons (Fsp3) is 0.389. The van der Waals surface area contributed by atoms with Gasteiger partial charge in [0.15, 0.2) is 5.78 Å². The zero-order valence-electron chi connectivity index (χ0n) is 13.6. The molecular weight excluding hydrogens is 342 g/mol. The summed E-state index contributed by atoms with van der Waals surface area (Å²) in [6.07, 6.45) is 4.28. The van der Waals surface area contributed by atoms with Crippen molar-refractivity contribution in [2.45, 2.75) is 42.9 Å². The van der Waals surface area contributed by atoms with Crippen molar-refractivity contribution in [3.8, 4) is 0 Å². The number of rotatable bonds is 6. The van der Waals surface area contributed by atoms with Gasteiger partial charge in [-0.1, -0.05) is 25.0 Å². The highest BCUT2D eigenvalue weighted by Gasteiger charge is 2.37. The molecule has 1 heterocycles. The highest BCUT2D eigenvalue weighted by atomic mass is 32.2. The van der Waals surface area contributed by atoms with Crippen LogP contribution in [-0.4, -0.2) is 20.7 Å². The number of nitrogens with one attached hydrogen (secondary N) is 1. The lowest BCUT2D eigenvalue weighted by Crippen LogP contribution is -2.38. The lowest BCUT2D eigenvalue weighted by atomic mass is 9.81. The largest absolute Gasteiger partial charge is 0.295 e. The summed E-state index contributed by atoms with van der Waals surface area (Å²) in [6.45, 7) is 1.88. The molecule has 6 heteroatoms. The van der Waals surface area contributed by atoms with Crippen LogP contribution in [0, 0.1) is 0 Å². The molecule has 0 aliphatic heterocycles. The minimum Gasteiger partial charge on any atom is -0.295 e. The first-order valence-electron chi connectivity index (χ1n) is 8.06. The van der Waals surface area contributed by atoms with Crippen LogP contribution in [0.1, 0.15) is 48.5 Å². The van der Waals surface area contributed by atoms with Gasteiger partial charge in [-0.2, -0.15) is 11.3 Å². The molecule has 1 aromatic heterocycles. The summed E-state index contributed by atoms with van der Waals surface area (Å²) in [5.41, 5.74) is 1.66. The van der Waals surface area contributed by atoms with Crippen LogP contribution in [0.2, 0.25) is 0 Å². The first-order valence-corrected chi connectivity index (χ1v) is 10.5. The molecule has 128 valence electrons. The molecule has 24 heavy (non-hydrogen) atoms. The van der Waals surface area contributed by atoms with Gasteiger partial charge in [-0.05, 0) is 54.3 Å². The maximum absolute atomic E-state index is 12.6. The van der Waals surface area contributed by atoms with E-state index in [1.807, 2.05) is 5.38 Å². The Labute approximate surface area is 147 Å². The Balaban J connectivity index is 1.78. The van der Waals surface area contributed by atoms with Gasteiger partial charge >= 0.3 is 0 Å². The monoisotopic (exact) mass is 363 g/mol. The number of carbonyl (C=O) groups excluding carboxylic acids is 1. The van der Waals surface area contributed by atoms with Gasteiger partial charge in [0.25, 0.3) is 0 Å². The van der Waals surface area contributed by atoms with Crippen LogP contribution in [0.3, 0.4) is 0 Å². The van der Waals surface area contributed by atoms with Gasteiger partial charge in [0.2, 0.25) is 10.0 Å². The van der Waals surface area contributed by atoms with E-state index in [0.717, 1.165) is 25.7 Å². The number of Topliss-reactive ketones (excluding diaryl/α,β-unsaturated/α-hetero) is 1. The van der Waals surface area contributed by atoms with Crippen molar-refractivity contribution in [2.24, 2.45) is 0 Å². The summed E-state index contributed by atoms with van der Waals surface area (Å²) in [5, 5.41) is 4.17. The molecule has 1 fully saturated rings. The average Bonchev–Trinajstić information content (AvgIpc) is 3.25. The standard InChI is InChI=1S/C18H21NO3S2/c1-14(20)15-4-6-17(7-5-15)24(21,22)19-13-18(9-2-3-10-18)16-8-11-23-12-16/h4-8,11-12,19H,2-3,9-10,13H2,1H3. The molecule has 1 N–H and O–H groups in total. The summed E-state index contributed by atoms with van der Waals surface area (Å²) >= 11 is 1.65. The number of ketones is 1. The van der Waals surface area contributed by atoms with E-state index in [2.05, 4.69) is 16.2 Å². The van der Waals surface area contributed by atoms with Crippen LogP contribution < -0.4 is 4.72 Å². The van der Waals surface area contributed by atoms with Crippen molar-refractivity contribution in [1.29, 1.82) is 0 Å². The molecule has 0 saturated heterocycles. The van der Waals surface area contributed by atoms with E-state index in [1.165, 1.54) is 24.6 Å². The molecule has 1 aromatic carbocycles. The van der Waals surface area contributed by atoms with Gasteiger partial charge < -0.3 is 0 Å². The predicted octanol–water partition coefficient (Wildman–Crippen LogP) is 3.74. The number of thiophene rings is 1. The smallest absolute Gasteiger partial charge is 0.240 e. The van der Waals surface area contributed by atoms with Crippen molar-refractivity contribution >= 4 is 27.1 Å². The summed E-state index contributed by atoms with van der Waals surface area (Å²) in [5.74, 6) is -0.0747. The summed E-state index contributed by atoms with van der Waals surface area (Å²) in [7, 11) is -3.58. The van der Waals surface area contributed by atoms with Gasteiger partial charge in [0.05, 0.1) is 4.90 Å². The fourth-order valence-electron chi connectivity index (χ4n) is 3.37. The Morgan fingerprint density at radius 3 is 2.38 bits per heavy atom. The molecule has 0 radical (unpaired) electrons. The van der Waals surface area contributed by atoms with Crippen molar-refractivity contribution in [2.75, 3.05) is 6.54 Å². The van der Waals surface area contributed by atoms with Gasteiger partial charge in [-0.15, -0.1) is 0 Å². The van der Waals surface area contributed by atoms with Crippen LogP contribution in [0.4, 0.5) is 0 Å². The minimum absolute atomic E-state index is 0.0747. The van der Waals surface area contributed by atoms with Crippen LogP contribution >= 0.6 is 11.3 Å². The third-order valence-corrected chi connectivity index (χ3v) is 6.97. The Morgan fingerprint density at radius 1 is 1.17 bits per heavy atom. The van der Waals surface area contributed by atoms with E-state index in [-0.39, 0.29) is 16.1 Å². The van der Waals surface area contributed by atoms with E-state index in [1.54, 1.807) is 23.5 Å². The molecule has 0 spiro atoms. The van der Waals surface area contributed by atoms with E-state index >= 15 is 0 Å². The fourth-order valence-corrected chi connectivity index (χ4v) is 5.28. The Kier molecular flexibility index (Phi) is 4.90. The zero-order valence-corrected chi connectivity index (χ0v) is 15.3. The Hall–Kier alpha value is -1.50. The molecule has 1 aliphatic rings. The van der Waals surface area contributed by atoms with E-state index in [0.29, 0.717) is 12.1 Å². The maximum atomic E-state index is 12.6. The number of carbonyl (C=O) groups is 1. The van der Waals surface area contributed by atoms with Crippen LogP contribution in [-0.2, 0) is 15.4 Å².